The van der Waals surface area contributed by atoms with Crippen LogP contribution in [0.1, 0.15) is 11.1 Å². The maximum Gasteiger partial charge on any atom is 0.112 e. The zero-order chi connectivity index (χ0) is 9.59. The molecule has 1 aromatic carbocycles. The molecular weight excluding hydrogens is 182 g/mol. The van der Waals surface area contributed by atoms with Crippen LogP contribution in [0.15, 0.2) is 18.2 Å². The lowest BCUT2D eigenvalue weighted by molar-refractivity contribution is 0.965. The summed E-state index contributed by atoms with van der Waals surface area (Å²) in [6.45, 7) is 4.16. The number of aryl methyl sites for hydroxylation is 3. The minimum Gasteiger partial charge on any atom is -0.335 e. The fourth-order valence-corrected chi connectivity index (χ4v) is 1.90. The van der Waals surface area contributed by atoms with Crippen LogP contribution >= 0.6 is 11.6 Å². The molecule has 0 saturated heterocycles. The van der Waals surface area contributed by atoms with Crippen molar-refractivity contribution in [1.29, 1.82) is 0 Å². The van der Waals surface area contributed by atoms with Crippen molar-refractivity contribution >= 4 is 22.5 Å². The third-order valence-corrected chi connectivity index (χ3v) is 3.06. The molecule has 0 N–H and O–H groups in total. The Balaban J connectivity index is 2.95. The van der Waals surface area contributed by atoms with E-state index in [1.54, 1.807) is 0 Å². The Morgan fingerprint density at radius 1 is 1.23 bits per heavy atom. The zero-order valence-electron chi connectivity index (χ0n) is 8.06. The lowest BCUT2D eigenvalue weighted by atomic mass is 10.1. The van der Waals surface area contributed by atoms with Crippen LogP contribution in [0.25, 0.3) is 10.9 Å². The zero-order valence-corrected chi connectivity index (χ0v) is 8.81. The SMILES string of the molecule is Cc1ccc2c(c1)c(C)c(Cl)n2C. The molecule has 2 aromatic rings. The van der Waals surface area contributed by atoms with Gasteiger partial charge >= 0.3 is 0 Å². The van der Waals surface area contributed by atoms with Crippen LogP contribution in [0.3, 0.4) is 0 Å². The summed E-state index contributed by atoms with van der Waals surface area (Å²) in [5, 5.41) is 2.09. The van der Waals surface area contributed by atoms with Gasteiger partial charge in [-0.1, -0.05) is 23.2 Å². The molecule has 0 aliphatic rings. The van der Waals surface area contributed by atoms with Crippen LogP contribution in [0.5, 0.6) is 0 Å². The Bertz CT molecular complexity index is 468. The van der Waals surface area contributed by atoms with Crippen LogP contribution in [0.2, 0.25) is 5.15 Å². The summed E-state index contributed by atoms with van der Waals surface area (Å²) in [6.07, 6.45) is 0. The van der Waals surface area contributed by atoms with Gasteiger partial charge in [0.15, 0.2) is 0 Å². The van der Waals surface area contributed by atoms with Gasteiger partial charge in [-0.05, 0) is 31.5 Å². The van der Waals surface area contributed by atoms with Crippen molar-refractivity contribution in [1.82, 2.24) is 4.57 Å². The highest BCUT2D eigenvalue weighted by Gasteiger charge is 2.08. The second kappa shape index (κ2) is 2.78. The fourth-order valence-electron chi connectivity index (χ4n) is 1.71. The van der Waals surface area contributed by atoms with E-state index in [2.05, 4.69) is 32.0 Å². The largest absolute Gasteiger partial charge is 0.335 e. The van der Waals surface area contributed by atoms with Gasteiger partial charge in [0.25, 0.3) is 0 Å². The van der Waals surface area contributed by atoms with E-state index in [9.17, 15) is 0 Å². The molecule has 0 unspecified atom stereocenters. The van der Waals surface area contributed by atoms with Crippen LogP contribution in [-0.4, -0.2) is 4.57 Å². The molecule has 68 valence electrons. The number of hydrogen-bond acceptors (Lipinski definition) is 0. The Labute approximate surface area is 82.9 Å². The Morgan fingerprint density at radius 2 is 1.92 bits per heavy atom. The number of nitrogens with zero attached hydrogens (tertiary/aromatic N) is 1. The fraction of sp³-hybridized carbons (Fsp3) is 0.273. The van der Waals surface area contributed by atoms with Crippen LogP contribution in [0, 0.1) is 13.8 Å². The van der Waals surface area contributed by atoms with Gasteiger partial charge in [-0.25, -0.2) is 0 Å². The average Bonchev–Trinajstić information content (AvgIpc) is 2.32. The molecule has 1 nitrogen and oxygen atoms in total. The van der Waals surface area contributed by atoms with Crippen molar-refractivity contribution in [2.24, 2.45) is 7.05 Å². The van der Waals surface area contributed by atoms with E-state index in [0.29, 0.717) is 0 Å². The summed E-state index contributed by atoms with van der Waals surface area (Å²) >= 11 is 6.14. The lowest BCUT2D eigenvalue weighted by Crippen LogP contribution is -1.85. The number of fused-ring (bicyclic) bond motifs is 1. The van der Waals surface area contributed by atoms with E-state index in [1.807, 2.05) is 11.6 Å². The highest BCUT2D eigenvalue weighted by molar-refractivity contribution is 6.32. The third kappa shape index (κ3) is 1.15. The van der Waals surface area contributed by atoms with Gasteiger partial charge in [-0.15, -0.1) is 0 Å². The molecule has 1 heterocycles. The van der Waals surface area contributed by atoms with Gasteiger partial charge in [-0.2, -0.15) is 0 Å². The molecule has 0 aliphatic carbocycles. The highest BCUT2D eigenvalue weighted by atomic mass is 35.5. The Kier molecular flexibility index (Phi) is 1.85. The van der Waals surface area contributed by atoms with E-state index in [1.165, 1.54) is 22.0 Å². The summed E-state index contributed by atoms with van der Waals surface area (Å²) in [5.41, 5.74) is 3.65. The first-order chi connectivity index (χ1) is 6.11. The molecule has 1 aromatic heterocycles. The predicted molar refractivity (Wildman–Crippen MR) is 57.4 cm³/mol. The van der Waals surface area contributed by atoms with Crippen molar-refractivity contribution < 1.29 is 0 Å². The van der Waals surface area contributed by atoms with Gasteiger partial charge in [0.2, 0.25) is 0 Å². The molecule has 13 heavy (non-hydrogen) atoms. The van der Waals surface area contributed by atoms with Crippen molar-refractivity contribution in [3.63, 3.8) is 0 Å². The average molecular weight is 194 g/mol. The first-order valence-electron chi connectivity index (χ1n) is 4.32. The molecule has 0 fully saturated rings. The smallest absolute Gasteiger partial charge is 0.112 e. The van der Waals surface area contributed by atoms with E-state index in [4.69, 9.17) is 11.6 Å². The quantitative estimate of drug-likeness (QED) is 0.604. The standard InChI is InChI=1S/C11H12ClN/c1-7-4-5-10-9(6-7)8(2)11(12)13(10)3/h4-6H,1-3H3. The topological polar surface area (TPSA) is 4.93 Å². The third-order valence-electron chi connectivity index (χ3n) is 2.52. The van der Waals surface area contributed by atoms with Crippen molar-refractivity contribution in [3.8, 4) is 0 Å². The molecule has 0 amide bonds. The van der Waals surface area contributed by atoms with Gasteiger partial charge in [0.05, 0.1) is 0 Å². The molecule has 0 atom stereocenters. The summed E-state index contributed by atoms with van der Waals surface area (Å²) in [7, 11) is 1.99. The molecular formula is C11H12ClN. The van der Waals surface area contributed by atoms with Crippen molar-refractivity contribution in [3.05, 3.63) is 34.5 Å². The lowest BCUT2D eigenvalue weighted by Gasteiger charge is -1.97. The maximum absolute atomic E-state index is 6.14. The number of hydrogen-bond donors (Lipinski definition) is 0. The molecule has 0 saturated carbocycles. The molecule has 2 heteroatoms. The van der Waals surface area contributed by atoms with Crippen molar-refractivity contribution in [2.45, 2.75) is 13.8 Å². The highest BCUT2D eigenvalue weighted by Crippen LogP contribution is 2.28. The summed E-state index contributed by atoms with van der Waals surface area (Å²) in [5.74, 6) is 0. The molecule has 0 radical (unpaired) electrons. The Morgan fingerprint density at radius 3 is 2.62 bits per heavy atom. The molecule has 0 bridgehead atoms. The Hall–Kier alpha value is -0.950. The van der Waals surface area contributed by atoms with Crippen LogP contribution < -0.4 is 0 Å². The van der Waals surface area contributed by atoms with Crippen LogP contribution in [-0.2, 0) is 7.05 Å². The second-order valence-corrected chi connectivity index (χ2v) is 3.85. The minimum atomic E-state index is 0.834. The second-order valence-electron chi connectivity index (χ2n) is 3.50. The predicted octanol–water partition coefficient (Wildman–Crippen LogP) is 3.45. The first kappa shape index (κ1) is 8.64. The summed E-state index contributed by atoms with van der Waals surface area (Å²) in [6, 6.07) is 6.40. The first-order valence-corrected chi connectivity index (χ1v) is 4.70. The number of rotatable bonds is 0. The summed E-state index contributed by atoms with van der Waals surface area (Å²) < 4.78 is 2.02. The minimum absolute atomic E-state index is 0.834. The van der Waals surface area contributed by atoms with Gasteiger partial charge in [0.1, 0.15) is 5.15 Å². The van der Waals surface area contributed by atoms with Gasteiger partial charge in [-0.3, -0.25) is 0 Å². The maximum atomic E-state index is 6.14. The van der Waals surface area contributed by atoms with Gasteiger partial charge < -0.3 is 4.57 Å². The van der Waals surface area contributed by atoms with E-state index >= 15 is 0 Å². The number of aromatic nitrogens is 1. The summed E-state index contributed by atoms with van der Waals surface area (Å²) in [4.78, 5) is 0. The van der Waals surface area contributed by atoms with E-state index in [0.717, 1.165) is 5.15 Å². The molecule has 0 aliphatic heterocycles. The number of halogens is 1. The molecule has 2 rings (SSSR count). The number of benzene rings is 1. The van der Waals surface area contributed by atoms with E-state index < -0.39 is 0 Å². The molecule has 0 spiro atoms. The van der Waals surface area contributed by atoms with E-state index in [-0.39, 0.29) is 0 Å². The monoisotopic (exact) mass is 193 g/mol. The normalized spacial score (nSPS) is 11.1. The van der Waals surface area contributed by atoms with Crippen molar-refractivity contribution in [2.75, 3.05) is 0 Å². The van der Waals surface area contributed by atoms with Crippen LogP contribution in [0.4, 0.5) is 0 Å². The van der Waals surface area contributed by atoms with Gasteiger partial charge in [0, 0.05) is 18.0 Å².